The molecule has 1 aliphatic carbocycles. The molecule has 2 atom stereocenters. The zero-order valence-corrected chi connectivity index (χ0v) is 18.8. The van der Waals surface area contributed by atoms with E-state index in [1.807, 2.05) is 67.6 Å². The molecule has 0 saturated heterocycles. The predicted octanol–water partition coefficient (Wildman–Crippen LogP) is 6.34. The molecule has 2 aromatic heterocycles. The van der Waals surface area contributed by atoms with Crippen LogP contribution < -0.4 is 5.32 Å². The van der Waals surface area contributed by atoms with E-state index in [9.17, 15) is 4.79 Å². The van der Waals surface area contributed by atoms with E-state index in [1.54, 1.807) is 0 Å². The number of nitrogens with one attached hydrogen (secondary N) is 1. The number of fused-ring (bicyclic) bond motifs is 1. The number of amides is 1. The number of carbonyl (C=O) groups is 1. The van der Waals surface area contributed by atoms with Crippen molar-refractivity contribution in [1.82, 2.24) is 15.5 Å². The fourth-order valence-electron chi connectivity index (χ4n) is 4.05. The van der Waals surface area contributed by atoms with Crippen molar-refractivity contribution < 1.29 is 9.32 Å². The van der Waals surface area contributed by atoms with E-state index in [-0.39, 0.29) is 17.9 Å². The van der Waals surface area contributed by atoms with Gasteiger partial charge in [-0.05, 0) is 37.5 Å². The number of rotatable bonds is 6. The van der Waals surface area contributed by atoms with E-state index in [0.29, 0.717) is 33.3 Å². The van der Waals surface area contributed by atoms with Crippen LogP contribution >= 0.6 is 11.6 Å². The van der Waals surface area contributed by atoms with Gasteiger partial charge in [0.25, 0.3) is 11.6 Å². The lowest BCUT2D eigenvalue weighted by Crippen LogP contribution is -2.36. The minimum Gasteiger partial charge on any atom is -0.349 e. The van der Waals surface area contributed by atoms with E-state index in [1.165, 1.54) is 0 Å². The van der Waals surface area contributed by atoms with Gasteiger partial charge in [0.15, 0.2) is 0 Å². The first kappa shape index (κ1) is 20.7. The van der Waals surface area contributed by atoms with Crippen molar-refractivity contribution in [3.63, 3.8) is 0 Å². The maximum atomic E-state index is 13.5. The Morgan fingerprint density at radius 3 is 2.53 bits per heavy atom. The summed E-state index contributed by atoms with van der Waals surface area (Å²) in [7, 11) is 0. The SMILES string of the molecule is CC(NC(=O)c1cc(C2CC2)nc2onc(-c3ccccc3)c12)C(C)c1ccccc1Cl. The van der Waals surface area contributed by atoms with Crippen molar-refractivity contribution in [1.29, 1.82) is 0 Å². The highest BCUT2D eigenvalue weighted by atomic mass is 35.5. The van der Waals surface area contributed by atoms with Gasteiger partial charge in [0.1, 0.15) is 5.69 Å². The minimum absolute atomic E-state index is 0.0453. The Kier molecular flexibility index (Phi) is 5.43. The van der Waals surface area contributed by atoms with Crippen LogP contribution in [0.2, 0.25) is 5.02 Å². The van der Waals surface area contributed by atoms with Gasteiger partial charge in [-0.25, -0.2) is 4.98 Å². The molecule has 2 aromatic carbocycles. The summed E-state index contributed by atoms with van der Waals surface area (Å²) in [6, 6.07) is 19.3. The molecule has 0 spiro atoms. The lowest BCUT2D eigenvalue weighted by atomic mass is 9.94. The molecule has 2 unspecified atom stereocenters. The molecular weight excluding hydrogens is 422 g/mol. The fraction of sp³-hybridized carbons (Fsp3) is 0.269. The summed E-state index contributed by atoms with van der Waals surface area (Å²) in [5.41, 5.74) is 4.38. The van der Waals surface area contributed by atoms with Crippen molar-refractivity contribution in [2.75, 3.05) is 0 Å². The molecule has 32 heavy (non-hydrogen) atoms. The number of nitrogens with zero attached hydrogens (tertiary/aromatic N) is 2. The Labute approximate surface area is 191 Å². The van der Waals surface area contributed by atoms with Crippen molar-refractivity contribution >= 4 is 28.6 Å². The molecule has 5 nitrogen and oxygen atoms in total. The van der Waals surface area contributed by atoms with Crippen LogP contribution in [-0.4, -0.2) is 22.1 Å². The number of hydrogen-bond acceptors (Lipinski definition) is 4. The Morgan fingerprint density at radius 2 is 1.81 bits per heavy atom. The molecule has 0 radical (unpaired) electrons. The Balaban J connectivity index is 1.52. The van der Waals surface area contributed by atoms with Gasteiger partial charge < -0.3 is 9.84 Å². The Hall–Kier alpha value is -3.18. The van der Waals surface area contributed by atoms with Crippen molar-refractivity contribution in [3.8, 4) is 11.3 Å². The molecule has 1 N–H and O–H groups in total. The highest BCUT2D eigenvalue weighted by molar-refractivity contribution is 6.31. The largest absolute Gasteiger partial charge is 0.349 e. The van der Waals surface area contributed by atoms with Crippen LogP contribution in [0.4, 0.5) is 0 Å². The van der Waals surface area contributed by atoms with Crippen LogP contribution in [0.1, 0.15) is 60.1 Å². The lowest BCUT2D eigenvalue weighted by Gasteiger charge is -2.23. The predicted molar refractivity (Wildman–Crippen MR) is 126 cm³/mol. The van der Waals surface area contributed by atoms with Crippen LogP contribution in [0.5, 0.6) is 0 Å². The first-order valence-corrected chi connectivity index (χ1v) is 11.3. The van der Waals surface area contributed by atoms with Crippen LogP contribution in [-0.2, 0) is 0 Å². The molecule has 1 fully saturated rings. The summed E-state index contributed by atoms with van der Waals surface area (Å²) in [5.74, 6) is 0.269. The highest BCUT2D eigenvalue weighted by Crippen LogP contribution is 2.41. The fourth-order valence-corrected chi connectivity index (χ4v) is 4.36. The molecule has 1 aliphatic rings. The molecule has 2 heterocycles. The number of halogens is 1. The van der Waals surface area contributed by atoms with E-state index >= 15 is 0 Å². The van der Waals surface area contributed by atoms with Gasteiger partial charge in [-0.1, -0.05) is 72.2 Å². The number of benzene rings is 2. The third-order valence-corrected chi connectivity index (χ3v) is 6.60. The standard InChI is InChI=1S/C26H24ClN3O2/c1-15(19-10-6-7-11-21(19)27)16(2)28-25(31)20-14-22(17-12-13-17)29-26-23(20)24(30-32-26)18-8-4-3-5-9-18/h3-11,14-17H,12-13H2,1-2H3,(H,28,31). The second-order valence-corrected chi connectivity index (χ2v) is 8.93. The number of aromatic nitrogens is 2. The molecule has 1 saturated carbocycles. The van der Waals surface area contributed by atoms with Crippen LogP contribution in [0, 0.1) is 0 Å². The maximum absolute atomic E-state index is 13.5. The van der Waals surface area contributed by atoms with Gasteiger partial charge in [-0.2, -0.15) is 0 Å². The van der Waals surface area contributed by atoms with Gasteiger partial charge >= 0.3 is 0 Å². The smallest absolute Gasteiger partial charge is 0.259 e. The minimum atomic E-state index is -0.161. The third kappa shape index (κ3) is 3.89. The van der Waals surface area contributed by atoms with Crippen LogP contribution in [0.3, 0.4) is 0 Å². The average molecular weight is 446 g/mol. The molecule has 0 aliphatic heterocycles. The normalized spacial score (nSPS) is 15.5. The van der Waals surface area contributed by atoms with Crippen molar-refractivity contribution in [3.05, 3.63) is 82.5 Å². The van der Waals surface area contributed by atoms with E-state index in [0.717, 1.165) is 29.7 Å². The summed E-state index contributed by atoms with van der Waals surface area (Å²) < 4.78 is 5.59. The first-order valence-electron chi connectivity index (χ1n) is 10.9. The maximum Gasteiger partial charge on any atom is 0.259 e. The van der Waals surface area contributed by atoms with Crippen LogP contribution in [0.25, 0.3) is 22.4 Å². The summed E-state index contributed by atoms with van der Waals surface area (Å²) >= 11 is 6.39. The van der Waals surface area contributed by atoms with Gasteiger partial charge in [-0.3, -0.25) is 4.79 Å². The average Bonchev–Trinajstić information content (AvgIpc) is 3.58. The molecule has 5 rings (SSSR count). The highest BCUT2D eigenvalue weighted by Gasteiger charge is 2.30. The second-order valence-electron chi connectivity index (χ2n) is 8.52. The van der Waals surface area contributed by atoms with Gasteiger partial charge in [0.05, 0.1) is 10.9 Å². The Bertz CT molecular complexity index is 1280. The zero-order chi connectivity index (χ0) is 22.2. The molecule has 0 bridgehead atoms. The number of carbonyl (C=O) groups excluding carboxylic acids is 1. The first-order chi connectivity index (χ1) is 15.5. The number of hydrogen-bond donors (Lipinski definition) is 1. The topological polar surface area (TPSA) is 68.0 Å². The van der Waals surface area contributed by atoms with Gasteiger partial charge in [0, 0.05) is 34.2 Å². The third-order valence-electron chi connectivity index (χ3n) is 6.26. The summed E-state index contributed by atoms with van der Waals surface area (Å²) in [4.78, 5) is 18.2. The van der Waals surface area contributed by atoms with Gasteiger partial charge in [0.2, 0.25) is 0 Å². The van der Waals surface area contributed by atoms with Gasteiger partial charge in [-0.15, -0.1) is 0 Å². The Morgan fingerprint density at radius 1 is 1.09 bits per heavy atom. The van der Waals surface area contributed by atoms with E-state index in [4.69, 9.17) is 16.1 Å². The summed E-state index contributed by atoms with van der Waals surface area (Å²) in [6.45, 7) is 4.07. The summed E-state index contributed by atoms with van der Waals surface area (Å²) in [5, 5.41) is 8.79. The second kappa shape index (κ2) is 8.40. The molecule has 162 valence electrons. The zero-order valence-electron chi connectivity index (χ0n) is 18.0. The molecule has 6 heteroatoms. The van der Waals surface area contributed by atoms with E-state index < -0.39 is 0 Å². The van der Waals surface area contributed by atoms with Crippen LogP contribution in [0.15, 0.2) is 65.2 Å². The molecule has 4 aromatic rings. The quantitative estimate of drug-likeness (QED) is 0.376. The van der Waals surface area contributed by atoms with E-state index in [2.05, 4.69) is 22.4 Å². The van der Waals surface area contributed by atoms with Crippen molar-refractivity contribution in [2.24, 2.45) is 0 Å². The number of pyridine rings is 1. The lowest BCUT2D eigenvalue weighted by molar-refractivity contribution is 0.0937. The molecule has 1 amide bonds. The monoisotopic (exact) mass is 445 g/mol. The summed E-state index contributed by atoms with van der Waals surface area (Å²) in [6.07, 6.45) is 2.17. The van der Waals surface area contributed by atoms with Crippen molar-refractivity contribution in [2.45, 2.75) is 44.6 Å². The molecular formula is C26H24ClN3O2.